The fourth-order valence-electron chi connectivity index (χ4n) is 3.88. The molecule has 0 unspecified atom stereocenters. The fourth-order valence-corrected chi connectivity index (χ4v) is 4.48. The number of hydrogen-bond donors (Lipinski definition) is 0. The molecule has 33 heavy (non-hydrogen) atoms. The summed E-state index contributed by atoms with van der Waals surface area (Å²) in [6.07, 6.45) is 8.86. The van der Waals surface area contributed by atoms with Crippen molar-refractivity contribution in [1.29, 1.82) is 0 Å². The van der Waals surface area contributed by atoms with Crippen LogP contribution in [0.3, 0.4) is 0 Å². The Morgan fingerprint density at radius 2 is 1.55 bits per heavy atom. The molecule has 0 saturated heterocycles. The molecule has 2 aromatic carbocycles. The number of anilines is 1. The molecular weight excluding hydrogens is 455 g/mol. The van der Waals surface area contributed by atoms with Crippen molar-refractivity contribution in [2.24, 2.45) is 0 Å². The Balaban J connectivity index is 2.23. The van der Waals surface area contributed by atoms with Crippen LogP contribution in [0.1, 0.15) is 58.3 Å². The Morgan fingerprint density at radius 3 is 2.15 bits per heavy atom. The van der Waals surface area contributed by atoms with Crippen molar-refractivity contribution in [3.63, 3.8) is 0 Å². The molecular formula is C27H38Cl2N2O2. The molecule has 4 nitrogen and oxygen atoms in total. The fraction of sp³-hybridized carbons (Fsp3) is 0.519. The van der Waals surface area contributed by atoms with Gasteiger partial charge in [-0.3, -0.25) is 4.79 Å². The third-order valence-corrected chi connectivity index (χ3v) is 6.42. The molecule has 0 aliphatic rings. The number of likely N-dealkylation sites (N-methyl/N-ethyl adjacent to an activating group) is 1. The van der Waals surface area contributed by atoms with Crippen LogP contribution in [0.4, 0.5) is 5.69 Å². The number of nitrogens with zero attached hydrogens (tertiary/aromatic N) is 2. The number of halogens is 2. The first-order valence-electron chi connectivity index (χ1n) is 12.0. The van der Waals surface area contributed by atoms with Gasteiger partial charge in [-0.05, 0) is 50.8 Å². The Labute approximate surface area is 209 Å². The van der Waals surface area contributed by atoms with Crippen molar-refractivity contribution in [3.8, 4) is 16.9 Å². The van der Waals surface area contributed by atoms with Crippen LogP contribution in [0.25, 0.3) is 11.1 Å². The highest BCUT2D eigenvalue weighted by Crippen LogP contribution is 2.41. The zero-order chi connectivity index (χ0) is 24.2. The topological polar surface area (TPSA) is 32.8 Å². The van der Waals surface area contributed by atoms with Crippen LogP contribution in [0.5, 0.6) is 5.75 Å². The number of hydrogen-bond acceptors (Lipinski definition) is 3. The number of ether oxygens (including phenoxy) is 1. The molecule has 182 valence electrons. The molecule has 0 bridgehead atoms. The Bertz CT molecular complexity index is 866. The molecule has 0 heterocycles. The van der Waals surface area contributed by atoms with Crippen molar-refractivity contribution in [2.45, 2.75) is 58.3 Å². The van der Waals surface area contributed by atoms with E-state index in [1.165, 1.54) is 32.1 Å². The smallest absolute Gasteiger partial charge is 0.227 e. The molecule has 0 fully saturated rings. The van der Waals surface area contributed by atoms with Crippen LogP contribution >= 0.6 is 23.2 Å². The van der Waals surface area contributed by atoms with Crippen LogP contribution in [0, 0.1) is 0 Å². The second kappa shape index (κ2) is 14.5. The van der Waals surface area contributed by atoms with Gasteiger partial charge in [0.1, 0.15) is 5.75 Å². The van der Waals surface area contributed by atoms with E-state index in [4.69, 9.17) is 27.9 Å². The number of methoxy groups -OCH3 is 1. The van der Waals surface area contributed by atoms with Gasteiger partial charge in [-0.2, -0.15) is 0 Å². The normalized spacial score (nSPS) is 11.1. The van der Waals surface area contributed by atoms with Gasteiger partial charge in [0.15, 0.2) is 0 Å². The van der Waals surface area contributed by atoms with E-state index in [0.717, 1.165) is 30.6 Å². The van der Waals surface area contributed by atoms with E-state index in [1.54, 1.807) is 7.11 Å². The second-order valence-electron chi connectivity index (χ2n) is 8.70. The minimum absolute atomic E-state index is 0.145. The zero-order valence-electron chi connectivity index (χ0n) is 20.5. The lowest BCUT2D eigenvalue weighted by atomic mass is 10.0. The molecule has 0 atom stereocenters. The summed E-state index contributed by atoms with van der Waals surface area (Å²) in [6.45, 7) is 3.62. The van der Waals surface area contributed by atoms with Gasteiger partial charge >= 0.3 is 0 Å². The first-order chi connectivity index (χ1) is 15.9. The van der Waals surface area contributed by atoms with Gasteiger partial charge in [0.25, 0.3) is 0 Å². The summed E-state index contributed by atoms with van der Waals surface area (Å²) in [4.78, 5) is 17.2. The van der Waals surface area contributed by atoms with E-state index in [0.29, 0.717) is 34.3 Å². The molecule has 2 rings (SSSR count). The van der Waals surface area contributed by atoms with E-state index in [1.807, 2.05) is 55.4 Å². The minimum Gasteiger partial charge on any atom is -0.496 e. The average Bonchev–Trinajstić information content (AvgIpc) is 2.78. The molecule has 0 N–H and O–H groups in total. The molecule has 0 aliphatic carbocycles. The first kappa shape index (κ1) is 27.5. The summed E-state index contributed by atoms with van der Waals surface area (Å²) >= 11 is 13.0. The predicted octanol–water partition coefficient (Wildman–Crippen LogP) is 7.70. The van der Waals surface area contributed by atoms with Crippen LogP contribution < -0.4 is 9.64 Å². The maximum atomic E-state index is 13.3. The second-order valence-corrected chi connectivity index (χ2v) is 9.52. The number of amides is 1. The standard InChI is InChI=1S/C27H38Cl2N2O2/c1-5-6-7-8-9-10-11-15-26(32)31(19-18-30(2)3)21-16-17-25(33-4)22(20-21)27-23(28)13-12-14-24(27)29/h12-14,16-17,20H,5-11,15,18-19H2,1-4H3. The largest absolute Gasteiger partial charge is 0.496 e. The minimum atomic E-state index is 0.145. The number of carbonyl (C=O) groups excluding carboxylic acids is 1. The maximum Gasteiger partial charge on any atom is 0.227 e. The maximum absolute atomic E-state index is 13.3. The van der Waals surface area contributed by atoms with Crippen LogP contribution in [-0.4, -0.2) is 45.1 Å². The zero-order valence-corrected chi connectivity index (χ0v) is 22.0. The summed E-state index contributed by atoms with van der Waals surface area (Å²) in [7, 11) is 5.66. The molecule has 0 radical (unpaired) electrons. The van der Waals surface area contributed by atoms with E-state index >= 15 is 0 Å². The lowest BCUT2D eigenvalue weighted by Gasteiger charge is -2.26. The van der Waals surface area contributed by atoms with Gasteiger partial charge in [-0.15, -0.1) is 0 Å². The quantitative estimate of drug-likeness (QED) is 0.253. The molecule has 2 aromatic rings. The Morgan fingerprint density at radius 1 is 0.909 bits per heavy atom. The van der Waals surface area contributed by atoms with Gasteiger partial charge in [-0.1, -0.05) is 74.7 Å². The number of unbranched alkanes of at least 4 members (excludes halogenated alkanes) is 6. The molecule has 0 saturated carbocycles. The average molecular weight is 494 g/mol. The Kier molecular flexibility index (Phi) is 12.1. The van der Waals surface area contributed by atoms with Gasteiger partial charge in [0.2, 0.25) is 5.91 Å². The molecule has 6 heteroatoms. The van der Waals surface area contributed by atoms with Crippen molar-refractivity contribution >= 4 is 34.8 Å². The molecule has 0 spiro atoms. The van der Waals surface area contributed by atoms with E-state index in [-0.39, 0.29) is 5.91 Å². The highest BCUT2D eigenvalue weighted by atomic mass is 35.5. The van der Waals surface area contributed by atoms with Crippen LogP contribution in [-0.2, 0) is 4.79 Å². The summed E-state index contributed by atoms with van der Waals surface area (Å²) in [5.74, 6) is 0.813. The SMILES string of the molecule is CCCCCCCCCC(=O)N(CCN(C)C)c1ccc(OC)c(-c2c(Cl)cccc2Cl)c1. The van der Waals surface area contributed by atoms with Gasteiger partial charge < -0.3 is 14.5 Å². The van der Waals surface area contributed by atoms with Crippen molar-refractivity contribution in [3.05, 3.63) is 46.4 Å². The highest BCUT2D eigenvalue weighted by molar-refractivity contribution is 6.39. The lowest BCUT2D eigenvalue weighted by molar-refractivity contribution is -0.118. The summed E-state index contributed by atoms with van der Waals surface area (Å²) < 4.78 is 5.59. The van der Waals surface area contributed by atoms with Crippen LogP contribution in [0.15, 0.2) is 36.4 Å². The molecule has 1 amide bonds. The van der Waals surface area contributed by atoms with Crippen molar-refractivity contribution in [1.82, 2.24) is 4.90 Å². The first-order valence-corrected chi connectivity index (χ1v) is 12.7. The number of carbonyl (C=O) groups is 1. The third-order valence-electron chi connectivity index (χ3n) is 5.79. The predicted molar refractivity (Wildman–Crippen MR) is 142 cm³/mol. The number of rotatable bonds is 14. The lowest BCUT2D eigenvalue weighted by Crippen LogP contribution is -2.36. The number of benzene rings is 2. The summed E-state index contributed by atoms with van der Waals surface area (Å²) in [6, 6.07) is 11.2. The third kappa shape index (κ3) is 8.51. The monoisotopic (exact) mass is 492 g/mol. The van der Waals surface area contributed by atoms with Gasteiger partial charge in [-0.25, -0.2) is 0 Å². The van der Waals surface area contributed by atoms with E-state index < -0.39 is 0 Å². The summed E-state index contributed by atoms with van der Waals surface area (Å²) in [5.41, 5.74) is 2.33. The van der Waals surface area contributed by atoms with E-state index in [2.05, 4.69) is 11.8 Å². The van der Waals surface area contributed by atoms with Gasteiger partial charge in [0, 0.05) is 36.3 Å². The van der Waals surface area contributed by atoms with Crippen LogP contribution in [0.2, 0.25) is 10.0 Å². The van der Waals surface area contributed by atoms with Crippen molar-refractivity contribution in [2.75, 3.05) is 39.2 Å². The van der Waals surface area contributed by atoms with Gasteiger partial charge in [0.05, 0.1) is 17.2 Å². The summed E-state index contributed by atoms with van der Waals surface area (Å²) in [5, 5.41) is 1.10. The Hall–Kier alpha value is -1.75. The molecule has 0 aromatic heterocycles. The van der Waals surface area contributed by atoms with E-state index in [9.17, 15) is 4.79 Å². The highest BCUT2D eigenvalue weighted by Gasteiger charge is 2.20. The van der Waals surface area contributed by atoms with Crippen molar-refractivity contribution < 1.29 is 9.53 Å². The molecule has 0 aliphatic heterocycles.